The topological polar surface area (TPSA) is 117 Å². The molecule has 2 aromatic heterocycles. The molecule has 9 heteroatoms. The Morgan fingerprint density at radius 3 is 2.71 bits per heavy atom. The van der Waals surface area contributed by atoms with Crippen LogP contribution in [0.2, 0.25) is 0 Å². The molecule has 0 aliphatic carbocycles. The number of imidazole rings is 1. The second-order valence-corrected chi connectivity index (χ2v) is 7.09. The van der Waals surface area contributed by atoms with Crippen molar-refractivity contribution in [3.63, 3.8) is 0 Å². The van der Waals surface area contributed by atoms with Crippen LogP contribution in [-0.2, 0) is 13.6 Å². The molecule has 0 amide bonds. The van der Waals surface area contributed by atoms with Crippen LogP contribution >= 0.6 is 0 Å². The lowest BCUT2D eigenvalue weighted by Gasteiger charge is -2.10. The fraction of sp³-hybridized carbons (Fsp3) is 0.368. The van der Waals surface area contributed by atoms with E-state index >= 15 is 0 Å². The summed E-state index contributed by atoms with van der Waals surface area (Å²) < 4.78 is 3.03. The fourth-order valence-electron chi connectivity index (χ4n) is 2.90. The van der Waals surface area contributed by atoms with Gasteiger partial charge in [0.2, 0.25) is 5.95 Å². The fourth-order valence-corrected chi connectivity index (χ4v) is 2.90. The van der Waals surface area contributed by atoms with E-state index in [1.807, 2.05) is 0 Å². The summed E-state index contributed by atoms with van der Waals surface area (Å²) in [5.74, 6) is 0.901. The monoisotopic (exact) mass is 384 g/mol. The van der Waals surface area contributed by atoms with Crippen molar-refractivity contribution in [2.45, 2.75) is 33.7 Å². The van der Waals surface area contributed by atoms with Crippen LogP contribution in [0.5, 0.6) is 5.75 Å². The molecule has 148 valence electrons. The Morgan fingerprint density at radius 1 is 1.32 bits per heavy atom. The minimum atomic E-state index is -0.522. The van der Waals surface area contributed by atoms with Gasteiger partial charge in [-0.2, -0.15) is 10.1 Å². The number of phenolic OH excluding ortho intramolecular Hbond substituents is 1. The number of H-pyrrole nitrogens is 1. The second kappa shape index (κ2) is 7.71. The molecule has 0 bridgehead atoms. The van der Waals surface area contributed by atoms with Gasteiger partial charge in [-0.15, -0.1) is 0 Å². The van der Waals surface area contributed by atoms with Gasteiger partial charge in [0.25, 0.3) is 5.56 Å². The lowest BCUT2D eigenvalue weighted by Crippen LogP contribution is -2.29. The minimum absolute atomic E-state index is 0.123. The van der Waals surface area contributed by atoms with E-state index in [9.17, 15) is 14.7 Å². The lowest BCUT2D eigenvalue weighted by atomic mass is 10.1. The molecule has 3 rings (SSSR count). The Kier molecular flexibility index (Phi) is 5.34. The molecule has 9 nitrogen and oxygen atoms in total. The first-order valence-corrected chi connectivity index (χ1v) is 9.07. The number of aryl methyl sites for hydroxylation is 2. The first-order chi connectivity index (χ1) is 13.3. The number of hydrazone groups is 1. The third-order valence-electron chi connectivity index (χ3n) is 4.55. The highest BCUT2D eigenvalue weighted by molar-refractivity contribution is 6.01. The van der Waals surface area contributed by atoms with E-state index in [-0.39, 0.29) is 11.4 Å². The Balaban J connectivity index is 2.08. The summed E-state index contributed by atoms with van der Waals surface area (Å²) in [5.41, 5.74) is 3.64. The standard InChI is InChI=1S/C19H24N6O3/c1-11(2)9-10-25-15-16(24(4)19(28)21-17(15)27)20-18(25)23-22-12(3)13-7-5-6-8-14(13)26/h5-8,11,26H,9-10H2,1-4H3,(H,20,23)(H,21,27,28)/b22-12-. The van der Waals surface area contributed by atoms with Gasteiger partial charge in [0.15, 0.2) is 11.2 Å². The van der Waals surface area contributed by atoms with E-state index in [4.69, 9.17) is 0 Å². The van der Waals surface area contributed by atoms with Crippen LogP contribution < -0.4 is 16.7 Å². The van der Waals surface area contributed by atoms with Gasteiger partial charge in [-0.1, -0.05) is 26.0 Å². The molecule has 0 saturated carbocycles. The van der Waals surface area contributed by atoms with Crippen LogP contribution in [0, 0.1) is 5.92 Å². The molecule has 3 aromatic rings. The number of benzene rings is 1. The number of rotatable bonds is 6. The summed E-state index contributed by atoms with van der Waals surface area (Å²) >= 11 is 0. The van der Waals surface area contributed by atoms with E-state index < -0.39 is 11.2 Å². The van der Waals surface area contributed by atoms with Crippen molar-refractivity contribution in [2.24, 2.45) is 18.1 Å². The van der Waals surface area contributed by atoms with E-state index in [0.717, 1.165) is 6.42 Å². The average Bonchev–Trinajstić information content (AvgIpc) is 3.02. The molecule has 0 atom stereocenters. The van der Waals surface area contributed by atoms with E-state index in [2.05, 4.69) is 34.3 Å². The number of hydrogen-bond acceptors (Lipinski definition) is 6. The average molecular weight is 384 g/mol. The van der Waals surface area contributed by atoms with Crippen molar-refractivity contribution in [3.05, 3.63) is 50.7 Å². The van der Waals surface area contributed by atoms with Crippen LogP contribution in [-0.4, -0.2) is 29.9 Å². The molecule has 0 unspecified atom stereocenters. The highest BCUT2D eigenvalue weighted by Gasteiger charge is 2.17. The first-order valence-electron chi connectivity index (χ1n) is 9.07. The predicted molar refractivity (Wildman–Crippen MR) is 109 cm³/mol. The molecule has 1 aromatic carbocycles. The summed E-state index contributed by atoms with van der Waals surface area (Å²) in [6.45, 7) is 6.48. The Labute approximate surface area is 161 Å². The van der Waals surface area contributed by atoms with E-state index in [0.29, 0.717) is 35.2 Å². The number of aromatic amines is 1. The number of phenols is 1. The molecule has 2 heterocycles. The van der Waals surface area contributed by atoms with Gasteiger partial charge in [0.1, 0.15) is 5.75 Å². The summed E-state index contributed by atoms with van der Waals surface area (Å²) in [7, 11) is 1.56. The van der Waals surface area contributed by atoms with Crippen molar-refractivity contribution in [1.82, 2.24) is 19.1 Å². The van der Waals surface area contributed by atoms with E-state index in [1.165, 1.54) is 4.57 Å². The molecule has 28 heavy (non-hydrogen) atoms. The third kappa shape index (κ3) is 3.68. The molecular formula is C19H24N6O3. The smallest absolute Gasteiger partial charge is 0.329 e. The number of nitrogens with one attached hydrogen (secondary N) is 2. The molecule has 0 aliphatic rings. The largest absolute Gasteiger partial charge is 0.507 e. The highest BCUT2D eigenvalue weighted by Crippen LogP contribution is 2.19. The van der Waals surface area contributed by atoms with Crippen LogP contribution in [0.25, 0.3) is 11.2 Å². The Bertz CT molecular complexity index is 1150. The maximum absolute atomic E-state index is 12.4. The zero-order chi connectivity index (χ0) is 20.4. The zero-order valence-electron chi connectivity index (χ0n) is 16.4. The van der Waals surface area contributed by atoms with Crippen LogP contribution in [0.1, 0.15) is 32.8 Å². The van der Waals surface area contributed by atoms with Crippen LogP contribution in [0.4, 0.5) is 5.95 Å². The Hall–Kier alpha value is -3.36. The summed E-state index contributed by atoms with van der Waals surface area (Å²) in [4.78, 5) is 31.1. The van der Waals surface area contributed by atoms with Crippen molar-refractivity contribution >= 4 is 22.8 Å². The Morgan fingerprint density at radius 2 is 2.04 bits per heavy atom. The zero-order valence-corrected chi connectivity index (χ0v) is 16.4. The number of para-hydroxylation sites is 1. The van der Waals surface area contributed by atoms with Crippen molar-refractivity contribution in [2.75, 3.05) is 5.43 Å². The maximum Gasteiger partial charge on any atom is 0.329 e. The maximum atomic E-state index is 12.4. The quantitative estimate of drug-likeness (QED) is 0.444. The van der Waals surface area contributed by atoms with Gasteiger partial charge in [-0.3, -0.25) is 14.3 Å². The summed E-state index contributed by atoms with van der Waals surface area (Å²) in [6.07, 6.45) is 0.824. The molecule has 0 radical (unpaired) electrons. The molecule has 0 fully saturated rings. The van der Waals surface area contributed by atoms with Crippen molar-refractivity contribution < 1.29 is 5.11 Å². The number of nitrogens with zero attached hydrogens (tertiary/aromatic N) is 4. The number of aromatic nitrogens is 4. The molecular weight excluding hydrogens is 360 g/mol. The first kappa shape index (κ1) is 19.4. The van der Waals surface area contributed by atoms with Gasteiger partial charge in [-0.25, -0.2) is 10.2 Å². The van der Waals surface area contributed by atoms with E-state index in [1.54, 1.807) is 42.8 Å². The van der Waals surface area contributed by atoms with Gasteiger partial charge < -0.3 is 9.67 Å². The summed E-state index contributed by atoms with van der Waals surface area (Å²) in [6, 6.07) is 6.88. The van der Waals surface area contributed by atoms with Gasteiger partial charge in [0.05, 0.1) is 5.71 Å². The van der Waals surface area contributed by atoms with Gasteiger partial charge in [-0.05, 0) is 31.4 Å². The highest BCUT2D eigenvalue weighted by atomic mass is 16.3. The molecule has 3 N–H and O–H groups in total. The minimum Gasteiger partial charge on any atom is -0.507 e. The van der Waals surface area contributed by atoms with Crippen LogP contribution in [0.15, 0.2) is 39.0 Å². The molecule has 0 spiro atoms. The third-order valence-corrected chi connectivity index (χ3v) is 4.55. The lowest BCUT2D eigenvalue weighted by molar-refractivity contribution is 0.474. The number of fused-ring (bicyclic) bond motifs is 1. The summed E-state index contributed by atoms with van der Waals surface area (Å²) in [5, 5.41) is 14.3. The molecule has 0 saturated heterocycles. The van der Waals surface area contributed by atoms with Crippen LogP contribution in [0.3, 0.4) is 0 Å². The number of aromatic hydroxyl groups is 1. The van der Waals surface area contributed by atoms with Crippen molar-refractivity contribution in [3.8, 4) is 5.75 Å². The molecule has 0 aliphatic heterocycles. The normalized spacial score (nSPS) is 12.1. The second-order valence-electron chi connectivity index (χ2n) is 7.09. The van der Waals surface area contributed by atoms with Gasteiger partial charge >= 0.3 is 5.69 Å². The SMILES string of the molecule is C/C(=N/Nc1nc2c(c(=O)[nH]c(=O)n2C)n1CCC(C)C)c1ccccc1O. The number of hydrogen-bond donors (Lipinski definition) is 3. The number of anilines is 1. The van der Waals surface area contributed by atoms with Gasteiger partial charge in [0, 0.05) is 19.2 Å². The predicted octanol–water partition coefficient (Wildman–Crippen LogP) is 2.01. The van der Waals surface area contributed by atoms with Crippen molar-refractivity contribution in [1.29, 1.82) is 0 Å².